The molecule has 0 amide bonds. The summed E-state index contributed by atoms with van der Waals surface area (Å²) >= 11 is 0. The van der Waals surface area contributed by atoms with Crippen molar-refractivity contribution in [3.8, 4) is 11.5 Å². The van der Waals surface area contributed by atoms with Gasteiger partial charge in [-0.2, -0.15) is 4.31 Å². The summed E-state index contributed by atoms with van der Waals surface area (Å²) < 4.78 is 39.0. The lowest BCUT2D eigenvalue weighted by Gasteiger charge is -2.32. The molecule has 2 rings (SSSR count). The lowest BCUT2D eigenvalue weighted by molar-refractivity contribution is 0.264. The van der Waals surface area contributed by atoms with Gasteiger partial charge >= 0.3 is 0 Å². The van der Waals surface area contributed by atoms with Gasteiger partial charge in [-0.15, -0.1) is 0 Å². The molecule has 1 heterocycles. The monoisotopic (exact) mass is 355 g/mol. The minimum atomic E-state index is -3.50. The molecule has 1 aliphatic rings. The Bertz CT molecular complexity index is 630. The highest BCUT2D eigenvalue weighted by Crippen LogP contribution is 2.33. The average molecular weight is 356 g/mol. The SMILES string of the molecule is CCCOc1ccc(S(=O)(=O)N2CCCCC2C)cc1OCCC. The van der Waals surface area contributed by atoms with Gasteiger partial charge in [0.1, 0.15) is 0 Å². The second-order valence-electron chi connectivity index (χ2n) is 6.27. The zero-order chi connectivity index (χ0) is 17.6. The van der Waals surface area contributed by atoms with Crippen molar-refractivity contribution in [2.24, 2.45) is 0 Å². The van der Waals surface area contributed by atoms with Crippen molar-refractivity contribution in [3.05, 3.63) is 18.2 Å². The number of sulfonamides is 1. The van der Waals surface area contributed by atoms with E-state index in [1.165, 1.54) is 0 Å². The summed E-state index contributed by atoms with van der Waals surface area (Å²) in [5, 5.41) is 0. The fourth-order valence-electron chi connectivity index (χ4n) is 2.87. The van der Waals surface area contributed by atoms with E-state index in [0.717, 1.165) is 32.1 Å². The van der Waals surface area contributed by atoms with E-state index in [1.807, 2.05) is 20.8 Å². The molecular weight excluding hydrogens is 326 g/mol. The lowest BCUT2D eigenvalue weighted by atomic mass is 10.1. The zero-order valence-corrected chi connectivity index (χ0v) is 15.8. The Balaban J connectivity index is 2.31. The minimum absolute atomic E-state index is 0.0415. The molecule has 1 aromatic rings. The molecule has 0 aromatic heterocycles. The molecule has 1 saturated heterocycles. The molecule has 0 aliphatic carbocycles. The van der Waals surface area contributed by atoms with Crippen LogP contribution in [0.4, 0.5) is 0 Å². The number of hydrogen-bond acceptors (Lipinski definition) is 4. The second-order valence-corrected chi connectivity index (χ2v) is 8.16. The number of ether oxygens (including phenoxy) is 2. The Hall–Kier alpha value is -1.27. The minimum Gasteiger partial charge on any atom is -0.490 e. The van der Waals surface area contributed by atoms with Crippen LogP contribution in [0.2, 0.25) is 0 Å². The van der Waals surface area contributed by atoms with Crippen LogP contribution in [0.25, 0.3) is 0 Å². The molecule has 1 fully saturated rings. The Morgan fingerprint density at radius 3 is 2.38 bits per heavy atom. The van der Waals surface area contributed by atoms with Gasteiger partial charge in [-0.3, -0.25) is 0 Å². The van der Waals surface area contributed by atoms with E-state index >= 15 is 0 Å². The maximum atomic E-state index is 13.0. The maximum absolute atomic E-state index is 13.0. The highest BCUT2D eigenvalue weighted by molar-refractivity contribution is 7.89. The first-order chi connectivity index (χ1) is 11.5. The molecule has 1 unspecified atom stereocenters. The quantitative estimate of drug-likeness (QED) is 0.711. The van der Waals surface area contributed by atoms with Crippen molar-refractivity contribution in [1.29, 1.82) is 0 Å². The van der Waals surface area contributed by atoms with E-state index in [1.54, 1.807) is 22.5 Å². The van der Waals surface area contributed by atoms with Gasteiger partial charge in [0, 0.05) is 18.7 Å². The van der Waals surface area contributed by atoms with Crippen molar-refractivity contribution in [2.45, 2.75) is 63.8 Å². The van der Waals surface area contributed by atoms with Gasteiger partial charge < -0.3 is 9.47 Å². The highest BCUT2D eigenvalue weighted by Gasteiger charge is 2.31. The van der Waals surface area contributed by atoms with Gasteiger partial charge in [0.15, 0.2) is 11.5 Å². The summed E-state index contributed by atoms with van der Waals surface area (Å²) in [5.41, 5.74) is 0. The first-order valence-electron chi connectivity index (χ1n) is 8.92. The summed E-state index contributed by atoms with van der Waals surface area (Å²) in [6.07, 6.45) is 4.66. The molecule has 1 atom stereocenters. The molecule has 0 spiro atoms. The Morgan fingerprint density at radius 2 is 1.75 bits per heavy atom. The lowest BCUT2D eigenvalue weighted by Crippen LogP contribution is -2.41. The van der Waals surface area contributed by atoms with Crippen LogP contribution >= 0.6 is 0 Å². The molecular formula is C18H29NO4S. The Kier molecular flexibility index (Phi) is 6.92. The van der Waals surface area contributed by atoms with E-state index in [4.69, 9.17) is 9.47 Å². The molecule has 0 N–H and O–H groups in total. The molecule has 24 heavy (non-hydrogen) atoms. The van der Waals surface area contributed by atoms with Crippen molar-refractivity contribution in [3.63, 3.8) is 0 Å². The van der Waals surface area contributed by atoms with Gasteiger partial charge in [-0.1, -0.05) is 20.3 Å². The molecule has 0 saturated carbocycles. The molecule has 0 radical (unpaired) electrons. The number of nitrogens with zero attached hydrogens (tertiary/aromatic N) is 1. The summed E-state index contributed by atoms with van der Waals surface area (Å²) in [6.45, 7) is 7.72. The second kappa shape index (κ2) is 8.72. The summed E-state index contributed by atoms with van der Waals surface area (Å²) in [4.78, 5) is 0.284. The number of benzene rings is 1. The third kappa shape index (κ3) is 4.42. The molecule has 6 heteroatoms. The predicted molar refractivity (Wildman–Crippen MR) is 95.2 cm³/mol. The van der Waals surface area contributed by atoms with Gasteiger partial charge in [-0.05, 0) is 44.7 Å². The predicted octanol–water partition coefficient (Wildman–Crippen LogP) is 3.83. The highest BCUT2D eigenvalue weighted by atomic mass is 32.2. The first kappa shape index (κ1) is 19.1. The molecule has 0 bridgehead atoms. The van der Waals surface area contributed by atoms with Gasteiger partial charge in [0.2, 0.25) is 10.0 Å². The van der Waals surface area contributed by atoms with Crippen LogP contribution in [0.3, 0.4) is 0 Å². The fourth-order valence-corrected chi connectivity index (χ4v) is 4.58. The van der Waals surface area contributed by atoms with Crippen LogP contribution in [0.1, 0.15) is 52.9 Å². The van der Waals surface area contributed by atoms with Crippen molar-refractivity contribution < 1.29 is 17.9 Å². The Morgan fingerprint density at radius 1 is 1.08 bits per heavy atom. The van der Waals surface area contributed by atoms with Crippen LogP contribution in [0.15, 0.2) is 23.1 Å². The standard InChI is InChI=1S/C18H29NO4S/c1-4-12-22-17-10-9-16(14-18(17)23-13-5-2)24(20,21)19-11-7-6-8-15(19)3/h9-10,14-15H,4-8,11-13H2,1-3H3. The van der Waals surface area contributed by atoms with Gasteiger partial charge in [-0.25, -0.2) is 8.42 Å². The maximum Gasteiger partial charge on any atom is 0.243 e. The van der Waals surface area contributed by atoms with Crippen LogP contribution < -0.4 is 9.47 Å². The van der Waals surface area contributed by atoms with E-state index in [9.17, 15) is 8.42 Å². The molecule has 5 nitrogen and oxygen atoms in total. The number of rotatable bonds is 8. The van der Waals surface area contributed by atoms with E-state index in [0.29, 0.717) is 31.3 Å². The topological polar surface area (TPSA) is 55.8 Å². The van der Waals surface area contributed by atoms with E-state index in [2.05, 4.69) is 0 Å². The van der Waals surface area contributed by atoms with E-state index in [-0.39, 0.29) is 10.9 Å². The van der Waals surface area contributed by atoms with Gasteiger partial charge in [0.25, 0.3) is 0 Å². The van der Waals surface area contributed by atoms with Crippen molar-refractivity contribution in [2.75, 3.05) is 19.8 Å². The van der Waals surface area contributed by atoms with Crippen LogP contribution in [0.5, 0.6) is 11.5 Å². The van der Waals surface area contributed by atoms with Crippen molar-refractivity contribution in [1.82, 2.24) is 4.31 Å². The summed E-state index contributed by atoms with van der Waals surface area (Å²) in [5.74, 6) is 1.12. The van der Waals surface area contributed by atoms with Crippen LogP contribution in [0, 0.1) is 0 Å². The third-order valence-corrected chi connectivity index (χ3v) is 6.20. The van der Waals surface area contributed by atoms with E-state index < -0.39 is 10.0 Å². The average Bonchev–Trinajstić information content (AvgIpc) is 2.58. The normalized spacial score (nSPS) is 19.2. The molecule has 1 aliphatic heterocycles. The van der Waals surface area contributed by atoms with Crippen molar-refractivity contribution >= 4 is 10.0 Å². The Labute approximate surface area is 146 Å². The fraction of sp³-hybridized carbons (Fsp3) is 0.667. The molecule has 136 valence electrons. The first-order valence-corrected chi connectivity index (χ1v) is 10.4. The smallest absolute Gasteiger partial charge is 0.243 e. The number of piperidine rings is 1. The largest absolute Gasteiger partial charge is 0.490 e. The van der Waals surface area contributed by atoms with Crippen LogP contribution in [-0.4, -0.2) is 38.5 Å². The van der Waals surface area contributed by atoms with Gasteiger partial charge in [0.05, 0.1) is 18.1 Å². The third-order valence-electron chi connectivity index (χ3n) is 4.19. The molecule has 1 aromatic carbocycles. The number of hydrogen-bond donors (Lipinski definition) is 0. The summed E-state index contributed by atoms with van der Waals surface area (Å²) in [6, 6.07) is 4.99. The zero-order valence-electron chi connectivity index (χ0n) is 15.0. The van der Waals surface area contributed by atoms with Crippen LogP contribution in [-0.2, 0) is 10.0 Å². The summed E-state index contributed by atoms with van der Waals surface area (Å²) in [7, 11) is -3.50.